The topological polar surface area (TPSA) is 59.9 Å². The summed E-state index contributed by atoms with van der Waals surface area (Å²) in [5, 5.41) is 14.2. The van der Waals surface area contributed by atoms with Crippen LogP contribution in [-0.2, 0) is 0 Å². The molecule has 0 radical (unpaired) electrons. The number of aromatic nitrogens is 3. The molecule has 0 amide bonds. The van der Waals surface area contributed by atoms with Crippen LogP contribution in [0.1, 0.15) is 0 Å². The number of ether oxygens (including phenoxy) is 1. The van der Waals surface area contributed by atoms with Crippen LogP contribution >= 0.6 is 34.7 Å². The van der Waals surface area contributed by atoms with Gasteiger partial charge in [-0.25, -0.2) is 0 Å². The molecule has 0 bridgehead atoms. The van der Waals surface area contributed by atoms with Gasteiger partial charge in [-0.05, 0) is 30.3 Å². The molecule has 2 aromatic carbocycles. The van der Waals surface area contributed by atoms with E-state index >= 15 is 0 Å². The Bertz CT molecular complexity index is 1070. The van der Waals surface area contributed by atoms with Crippen LogP contribution in [-0.4, -0.2) is 22.3 Å². The van der Waals surface area contributed by atoms with E-state index in [-0.39, 0.29) is 0 Å². The fourth-order valence-corrected chi connectivity index (χ4v) is 4.42. The van der Waals surface area contributed by atoms with Crippen LogP contribution in [0, 0.1) is 0 Å². The van der Waals surface area contributed by atoms with Gasteiger partial charge in [-0.2, -0.15) is 0 Å². The third kappa shape index (κ3) is 3.75. The lowest BCUT2D eigenvalue weighted by Crippen LogP contribution is -1.90. The summed E-state index contributed by atoms with van der Waals surface area (Å²) in [7, 11) is 1.64. The molecule has 130 valence electrons. The van der Waals surface area contributed by atoms with Crippen LogP contribution < -0.4 is 10.1 Å². The fraction of sp³-hybridized carbons (Fsp3) is 0.0556. The summed E-state index contributed by atoms with van der Waals surface area (Å²) in [6.45, 7) is 0. The van der Waals surface area contributed by atoms with Gasteiger partial charge in [0.25, 0.3) is 0 Å². The number of anilines is 2. The molecule has 0 atom stereocenters. The average molecular weight is 401 g/mol. The second-order valence-corrected chi connectivity index (χ2v) is 8.01. The SMILES string of the molecule is COc1cccc(Nc2nnc(Sc3ccnc4cc(Cl)ccc34)s2)c1. The zero-order valence-electron chi connectivity index (χ0n) is 13.6. The van der Waals surface area contributed by atoms with Crippen molar-refractivity contribution >= 4 is 56.4 Å². The van der Waals surface area contributed by atoms with Gasteiger partial charge >= 0.3 is 0 Å². The fourth-order valence-electron chi connectivity index (χ4n) is 2.40. The minimum atomic E-state index is 0.674. The summed E-state index contributed by atoms with van der Waals surface area (Å²) < 4.78 is 6.08. The molecule has 8 heteroatoms. The van der Waals surface area contributed by atoms with Crippen LogP contribution in [0.15, 0.2) is 64.0 Å². The molecule has 2 aromatic heterocycles. The average Bonchev–Trinajstić information content (AvgIpc) is 3.08. The van der Waals surface area contributed by atoms with Crippen LogP contribution in [0.2, 0.25) is 5.02 Å². The molecule has 5 nitrogen and oxygen atoms in total. The number of fused-ring (bicyclic) bond motifs is 1. The first kappa shape index (κ1) is 17.1. The molecule has 0 aliphatic heterocycles. The Morgan fingerprint density at radius 2 is 2.04 bits per heavy atom. The molecule has 4 aromatic rings. The molecule has 0 aliphatic carbocycles. The van der Waals surface area contributed by atoms with E-state index in [0.29, 0.717) is 5.02 Å². The Labute approximate surface area is 163 Å². The maximum Gasteiger partial charge on any atom is 0.210 e. The smallest absolute Gasteiger partial charge is 0.210 e. The molecular weight excluding hydrogens is 388 g/mol. The maximum absolute atomic E-state index is 6.05. The number of halogens is 1. The third-order valence-electron chi connectivity index (χ3n) is 3.59. The molecule has 26 heavy (non-hydrogen) atoms. The monoisotopic (exact) mass is 400 g/mol. The number of pyridine rings is 1. The lowest BCUT2D eigenvalue weighted by Gasteiger charge is -2.04. The normalized spacial score (nSPS) is 10.8. The molecule has 4 rings (SSSR count). The molecule has 0 fully saturated rings. The van der Waals surface area contributed by atoms with E-state index in [1.807, 2.05) is 48.5 Å². The van der Waals surface area contributed by atoms with Gasteiger partial charge in [0, 0.05) is 33.3 Å². The molecule has 0 aliphatic rings. The number of methoxy groups -OCH3 is 1. The molecule has 0 spiro atoms. The van der Waals surface area contributed by atoms with Crippen LogP contribution in [0.4, 0.5) is 10.8 Å². The van der Waals surface area contributed by atoms with Gasteiger partial charge in [0.1, 0.15) is 5.75 Å². The first-order valence-electron chi connectivity index (χ1n) is 7.68. The number of benzene rings is 2. The number of nitrogens with one attached hydrogen (secondary N) is 1. The Kier molecular flexibility index (Phi) is 4.92. The zero-order chi connectivity index (χ0) is 17.9. The summed E-state index contributed by atoms with van der Waals surface area (Å²) in [5.74, 6) is 0.788. The number of nitrogens with zero attached hydrogens (tertiary/aromatic N) is 3. The highest BCUT2D eigenvalue weighted by atomic mass is 35.5. The summed E-state index contributed by atoms with van der Waals surface area (Å²) in [4.78, 5) is 5.43. The predicted octanol–water partition coefficient (Wildman–Crippen LogP) is 5.64. The van der Waals surface area contributed by atoms with Gasteiger partial charge in [0.2, 0.25) is 5.13 Å². The minimum Gasteiger partial charge on any atom is -0.497 e. The van der Waals surface area contributed by atoms with Crippen molar-refractivity contribution < 1.29 is 4.74 Å². The van der Waals surface area contributed by atoms with Crippen molar-refractivity contribution in [3.05, 3.63) is 59.8 Å². The third-order valence-corrected chi connectivity index (χ3v) is 5.79. The van der Waals surface area contributed by atoms with Crippen molar-refractivity contribution in [3.8, 4) is 5.75 Å². The standard InChI is InChI=1S/C18H13ClN4OS2/c1-24-13-4-2-3-12(10-13)21-17-22-23-18(26-17)25-16-7-8-20-15-9-11(19)5-6-14(15)16/h2-10H,1H3,(H,21,22). The van der Waals surface area contributed by atoms with Crippen LogP contribution in [0.25, 0.3) is 10.9 Å². The van der Waals surface area contributed by atoms with Crippen molar-refractivity contribution in [1.82, 2.24) is 15.2 Å². The predicted molar refractivity (Wildman–Crippen MR) is 107 cm³/mol. The number of hydrogen-bond acceptors (Lipinski definition) is 7. The highest BCUT2D eigenvalue weighted by molar-refractivity contribution is 8.01. The van der Waals surface area contributed by atoms with Gasteiger partial charge < -0.3 is 10.1 Å². The second-order valence-electron chi connectivity index (χ2n) is 5.30. The van der Waals surface area contributed by atoms with E-state index in [1.165, 1.54) is 11.3 Å². The van der Waals surface area contributed by atoms with Crippen molar-refractivity contribution in [2.75, 3.05) is 12.4 Å². The molecule has 0 saturated carbocycles. The van der Waals surface area contributed by atoms with Crippen molar-refractivity contribution in [2.24, 2.45) is 0 Å². The Morgan fingerprint density at radius 3 is 2.92 bits per heavy atom. The number of rotatable bonds is 5. The first-order valence-corrected chi connectivity index (χ1v) is 9.69. The van der Waals surface area contributed by atoms with Crippen LogP contribution in [0.3, 0.4) is 0 Å². The van der Waals surface area contributed by atoms with E-state index < -0.39 is 0 Å². The summed E-state index contributed by atoms with van der Waals surface area (Å²) in [6, 6.07) is 15.4. The lowest BCUT2D eigenvalue weighted by atomic mass is 10.2. The van der Waals surface area contributed by atoms with E-state index in [2.05, 4.69) is 20.5 Å². The Hall–Kier alpha value is -2.35. The summed E-state index contributed by atoms with van der Waals surface area (Å²) in [5.41, 5.74) is 1.77. The maximum atomic E-state index is 6.05. The number of hydrogen-bond donors (Lipinski definition) is 1. The first-order chi connectivity index (χ1) is 12.7. The molecule has 0 saturated heterocycles. The highest BCUT2D eigenvalue weighted by Gasteiger charge is 2.10. The minimum absolute atomic E-state index is 0.674. The molecular formula is C18H13ClN4OS2. The van der Waals surface area contributed by atoms with Gasteiger partial charge in [0.15, 0.2) is 4.34 Å². The van der Waals surface area contributed by atoms with E-state index in [4.69, 9.17) is 16.3 Å². The zero-order valence-corrected chi connectivity index (χ0v) is 16.0. The van der Waals surface area contributed by atoms with E-state index in [0.717, 1.165) is 36.7 Å². The summed E-state index contributed by atoms with van der Waals surface area (Å²) in [6.07, 6.45) is 1.78. The van der Waals surface area contributed by atoms with Gasteiger partial charge in [-0.1, -0.05) is 46.8 Å². The van der Waals surface area contributed by atoms with Crippen molar-refractivity contribution in [2.45, 2.75) is 9.24 Å². The van der Waals surface area contributed by atoms with Crippen molar-refractivity contribution in [1.29, 1.82) is 0 Å². The molecule has 0 unspecified atom stereocenters. The summed E-state index contributed by atoms with van der Waals surface area (Å²) >= 11 is 9.10. The molecule has 1 N–H and O–H groups in total. The lowest BCUT2D eigenvalue weighted by molar-refractivity contribution is 0.415. The molecule has 2 heterocycles. The van der Waals surface area contributed by atoms with Crippen molar-refractivity contribution in [3.63, 3.8) is 0 Å². The van der Waals surface area contributed by atoms with Crippen LogP contribution in [0.5, 0.6) is 5.75 Å². The second kappa shape index (κ2) is 7.49. The van der Waals surface area contributed by atoms with E-state index in [9.17, 15) is 0 Å². The highest BCUT2D eigenvalue weighted by Crippen LogP contribution is 2.36. The Balaban J connectivity index is 1.55. The largest absolute Gasteiger partial charge is 0.497 e. The van der Waals surface area contributed by atoms with Gasteiger partial charge in [-0.15, -0.1) is 10.2 Å². The quantitative estimate of drug-likeness (QED) is 0.467. The van der Waals surface area contributed by atoms with Gasteiger partial charge in [-0.3, -0.25) is 4.98 Å². The van der Waals surface area contributed by atoms with Gasteiger partial charge in [0.05, 0.1) is 12.6 Å². The Morgan fingerprint density at radius 1 is 1.12 bits per heavy atom. The van der Waals surface area contributed by atoms with E-state index in [1.54, 1.807) is 25.1 Å².